The molecule has 0 amide bonds. The summed E-state index contributed by atoms with van der Waals surface area (Å²) in [6.07, 6.45) is 1.55. The van der Waals surface area contributed by atoms with E-state index in [4.69, 9.17) is 10.5 Å². The number of carbonyl (C=O) groups excluding carboxylic acids is 1. The Balaban J connectivity index is 2.33. The van der Waals surface area contributed by atoms with Crippen LogP contribution in [0.25, 0.3) is 5.65 Å². The second-order valence-corrected chi connectivity index (χ2v) is 4.69. The average Bonchev–Trinajstić information content (AvgIpc) is 2.53. The molecule has 0 aromatic carbocycles. The van der Waals surface area contributed by atoms with Crippen molar-refractivity contribution in [2.75, 3.05) is 5.73 Å². The topological polar surface area (TPSA) is 82.5 Å². The van der Waals surface area contributed by atoms with E-state index in [-0.39, 0.29) is 5.95 Å². The van der Waals surface area contributed by atoms with E-state index in [0.717, 1.165) is 0 Å². The minimum atomic E-state index is -0.520. The van der Waals surface area contributed by atoms with Crippen LogP contribution in [-0.4, -0.2) is 26.2 Å². The summed E-state index contributed by atoms with van der Waals surface area (Å²) in [5.74, 6) is -0.222. The quantitative estimate of drug-likeness (QED) is 0.751. The Kier molecular flexibility index (Phi) is 2.49. The third kappa shape index (κ3) is 2.52. The lowest BCUT2D eigenvalue weighted by molar-refractivity contribution is 0.00689. The molecule has 0 aliphatic carbocycles. The van der Waals surface area contributed by atoms with Gasteiger partial charge in [0.05, 0.1) is 5.56 Å². The maximum absolute atomic E-state index is 11.8. The highest BCUT2D eigenvalue weighted by Crippen LogP contribution is 2.13. The number of pyridine rings is 1. The van der Waals surface area contributed by atoms with Crippen LogP contribution < -0.4 is 5.73 Å². The smallest absolute Gasteiger partial charge is 0.340 e. The molecular formula is C11H14N4O2. The lowest BCUT2D eigenvalue weighted by Gasteiger charge is -2.19. The third-order valence-corrected chi connectivity index (χ3v) is 1.98. The number of nitrogens with zero attached hydrogens (tertiary/aromatic N) is 3. The Morgan fingerprint density at radius 1 is 1.41 bits per heavy atom. The fraction of sp³-hybridized carbons (Fsp3) is 0.364. The number of carbonyl (C=O) groups is 1. The van der Waals surface area contributed by atoms with E-state index in [1.54, 1.807) is 18.3 Å². The highest BCUT2D eigenvalue weighted by Gasteiger charge is 2.18. The summed E-state index contributed by atoms with van der Waals surface area (Å²) in [5, 5.41) is 3.93. The molecule has 0 bridgehead atoms. The molecule has 2 aromatic heterocycles. The minimum Gasteiger partial charge on any atom is -0.456 e. The van der Waals surface area contributed by atoms with E-state index in [2.05, 4.69) is 10.1 Å². The van der Waals surface area contributed by atoms with Crippen LogP contribution in [0.3, 0.4) is 0 Å². The number of ether oxygens (including phenoxy) is 1. The van der Waals surface area contributed by atoms with Gasteiger partial charge in [-0.05, 0) is 32.9 Å². The molecule has 0 aliphatic rings. The molecule has 2 rings (SSSR count). The van der Waals surface area contributed by atoms with E-state index >= 15 is 0 Å². The van der Waals surface area contributed by atoms with E-state index < -0.39 is 11.6 Å². The summed E-state index contributed by atoms with van der Waals surface area (Å²) >= 11 is 0. The van der Waals surface area contributed by atoms with E-state index in [1.165, 1.54) is 4.52 Å². The highest BCUT2D eigenvalue weighted by molar-refractivity contribution is 5.89. The van der Waals surface area contributed by atoms with Crippen molar-refractivity contribution < 1.29 is 9.53 Å². The lowest BCUT2D eigenvalue weighted by Crippen LogP contribution is -2.24. The summed E-state index contributed by atoms with van der Waals surface area (Å²) in [5.41, 5.74) is 5.95. The van der Waals surface area contributed by atoms with Gasteiger partial charge in [0.2, 0.25) is 5.95 Å². The molecule has 6 heteroatoms. The monoisotopic (exact) mass is 234 g/mol. The average molecular weight is 234 g/mol. The molecule has 0 spiro atoms. The molecule has 0 atom stereocenters. The van der Waals surface area contributed by atoms with Crippen molar-refractivity contribution in [3.8, 4) is 0 Å². The molecule has 90 valence electrons. The van der Waals surface area contributed by atoms with Gasteiger partial charge in [-0.1, -0.05) is 0 Å². The van der Waals surface area contributed by atoms with Crippen LogP contribution in [0, 0.1) is 0 Å². The second kappa shape index (κ2) is 3.73. The SMILES string of the molecule is CC(C)(C)OC(=O)c1ccc2nc(N)nn2c1. The van der Waals surface area contributed by atoms with Gasteiger partial charge >= 0.3 is 5.97 Å². The molecule has 6 nitrogen and oxygen atoms in total. The van der Waals surface area contributed by atoms with Crippen LogP contribution in [0.4, 0.5) is 5.95 Å². The van der Waals surface area contributed by atoms with Crippen LogP contribution in [0.15, 0.2) is 18.3 Å². The van der Waals surface area contributed by atoms with Gasteiger partial charge < -0.3 is 10.5 Å². The van der Waals surface area contributed by atoms with Crippen LogP contribution in [-0.2, 0) is 4.74 Å². The van der Waals surface area contributed by atoms with Crippen molar-refractivity contribution in [3.63, 3.8) is 0 Å². The first-order valence-electron chi connectivity index (χ1n) is 5.20. The van der Waals surface area contributed by atoms with Crippen molar-refractivity contribution in [1.82, 2.24) is 14.6 Å². The fourth-order valence-electron chi connectivity index (χ4n) is 1.36. The van der Waals surface area contributed by atoms with Crippen molar-refractivity contribution in [2.24, 2.45) is 0 Å². The number of anilines is 1. The van der Waals surface area contributed by atoms with E-state index in [1.807, 2.05) is 20.8 Å². The van der Waals surface area contributed by atoms with Crippen LogP contribution in [0.5, 0.6) is 0 Å². The van der Waals surface area contributed by atoms with Gasteiger partial charge in [0.15, 0.2) is 5.65 Å². The van der Waals surface area contributed by atoms with Crippen LogP contribution >= 0.6 is 0 Å². The summed E-state index contributed by atoms with van der Waals surface area (Å²) in [4.78, 5) is 15.8. The first-order chi connectivity index (χ1) is 7.85. The number of fused-ring (bicyclic) bond motifs is 1. The molecule has 2 aromatic rings. The van der Waals surface area contributed by atoms with Gasteiger partial charge in [0.1, 0.15) is 5.60 Å². The van der Waals surface area contributed by atoms with Crippen molar-refractivity contribution in [1.29, 1.82) is 0 Å². The van der Waals surface area contributed by atoms with Gasteiger partial charge in [0.25, 0.3) is 0 Å². The number of nitrogens with two attached hydrogens (primary N) is 1. The van der Waals surface area contributed by atoms with Crippen LogP contribution in [0.2, 0.25) is 0 Å². The minimum absolute atomic E-state index is 0.173. The molecule has 2 heterocycles. The lowest BCUT2D eigenvalue weighted by atomic mass is 10.2. The largest absolute Gasteiger partial charge is 0.456 e. The van der Waals surface area contributed by atoms with Gasteiger partial charge in [-0.2, -0.15) is 4.98 Å². The number of hydrogen-bond acceptors (Lipinski definition) is 5. The molecule has 0 saturated carbocycles. The first kappa shape index (κ1) is 11.4. The number of rotatable bonds is 1. The maximum Gasteiger partial charge on any atom is 0.340 e. The molecule has 0 fully saturated rings. The zero-order valence-corrected chi connectivity index (χ0v) is 9.97. The Morgan fingerprint density at radius 2 is 2.12 bits per heavy atom. The number of nitrogen functional groups attached to an aromatic ring is 1. The van der Waals surface area contributed by atoms with Crippen molar-refractivity contribution in [3.05, 3.63) is 23.9 Å². The summed E-state index contributed by atoms with van der Waals surface area (Å²) in [7, 11) is 0. The Bertz CT molecular complexity index is 568. The Labute approximate surface area is 98.4 Å². The Morgan fingerprint density at radius 3 is 2.76 bits per heavy atom. The zero-order chi connectivity index (χ0) is 12.6. The van der Waals surface area contributed by atoms with Crippen LogP contribution in [0.1, 0.15) is 31.1 Å². The molecule has 2 N–H and O–H groups in total. The number of esters is 1. The molecular weight excluding hydrogens is 220 g/mol. The number of hydrogen-bond donors (Lipinski definition) is 1. The molecule has 0 radical (unpaired) electrons. The van der Waals surface area contributed by atoms with Crippen molar-refractivity contribution >= 4 is 17.6 Å². The predicted molar refractivity (Wildman–Crippen MR) is 62.6 cm³/mol. The predicted octanol–water partition coefficient (Wildman–Crippen LogP) is 1.27. The standard InChI is InChI=1S/C11H14N4O2/c1-11(2,3)17-9(16)7-4-5-8-13-10(12)14-15(8)6-7/h4-6H,1-3H3,(H2,12,14). The fourth-order valence-corrected chi connectivity index (χ4v) is 1.36. The van der Waals surface area contributed by atoms with Gasteiger partial charge in [-0.25, -0.2) is 9.31 Å². The molecule has 17 heavy (non-hydrogen) atoms. The third-order valence-electron chi connectivity index (χ3n) is 1.98. The van der Waals surface area contributed by atoms with Gasteiger partial charge in [-0.15, -0.1) is 5.10 Å². The molecule has 0 unspecified atom stereocenters. The van der Waals surface area contributed by atoms with Gasteiger partial charge in [0, 0.05) is 6.20 Å². The summed E-state index contributed by atoms with van der Waals surface area (Å²) in [6.45, 7) is 5.45. The molecule has 0 saturated heterocycles. The maximum atomic E-state index is 11.8. The first-order valence-corrected chi connectivity index (χ1v) is 5.20. The summed E-state index contributed by atoms with van der Waals surface area (Å²) < 4.78 is 6.70. The summed E-state index contributed by atoms with van der Waals surface area (Å²) in [6, 6.07) is 3.31. The second-order valence-electron chi connectivity index (χ2n) is 4.69. The van der Waals surface area contributed by atoms with E-state index in [9.17, 15) is 4.79 Å². The zero-order valence-electron chi connectivity index (χ0n) is 9.97. The van der Waals surface area contributed by atoms with Crippen molar-refractivity contribution in [2.45, 2.75) is 26.4 Å². The normalized spacial score (nSPS) is 11.7. The highest BCUT2D eigenvalue weighted by atomic mass is 16.6. The Hall–Kier alpha value is -2.11. The van der Waals surface area contributed by atoms with E-state index in [0.29, 0.717) is 11.2 Å². The number of aromatic nitrogens is 3. The van der Waals surface area contributed by atoms with Gasteiger partial charge in [-0.3, -0.25) is 0 Å². The molecule has 0 aliphatic heterocycles.